The molecule has 2 aromatic rings. The molecule has 31 heavy (non-hydrogen) atoms. The number of carbonyl (C=O) groups excluding carboxylic acids is 2. The Kier molecular flexibility index (Phi) is 7.82. The predicted octanol–water partition coefficient (Wildman–Crippen LogP) is 2.87. The topological polar surface area (TPSA) is 64.7 Å². The van der Waals surface area contributed by atoms with E-state index in [1.54, 1.807) is 0 Å². The van der Waals surface area contributed by atoms with Crippen LogP contribution in [-0.2, 0) is 16.1 Å². The molecule has 2 amide bonds. The Hall–Kier alpha value is -2.70. The highest BCUT2D eigenvalue weighted by molar-refractivity contribution is 5.96. The van der Waals surface area contributed by atoms with Crippen LogP contribution in [-0.4, -0.2) is 60.4 Å². The van der Waals surface area contributed by atoms with Gasteiger partial charge in [-0.1, -0.05) is 42.5 Å². The molecule has 1 fully saturated rings. The molecular weight excluding hydrogens is 388 g/mol. The van der Waals surface area contributed by atoms with Crippen LogP contribution in [0.4, 0.5) is 5.69 Å². The summed E-state index contributed by atoms with van der Waals surface area (Å²) < 4.78 is 0. The molecule has 0 saturated carbocycles. The summed E-state index contributed by atoms with van der Waals surface area (Å²) in [5, 5.41) is 5.70. The van der Waals surface area contributed by atoms with Gasteiger partial charge in [0.25, 0.3) is 0 Å². The van der Waals surface area contributed by atoms with Gasteiger partial charge in [0, 0.05) is 38.4 Å². The molecule has 0 bridgehead atoms. The molecule has 3 rings (SSSR count). The van der Waals surface area contributed by atoms with Crippen molar-refractivity contribution >= 4 is 17.5 Å². The van der Waals surface area contributed by atoms with Crippen LogP contribution in [0.15, 0.2) is 42.5 Å². The average molecular weight is 423 g/mol. The second-order valence-electron chi connectivity index (χ2n) is 8.45. The molecule has 0 spiro atoms. The number of hydrogen-bond donors (Lipinski definition) is 2. The fourth-order valence-electron chi connectivity index (χ4n) is 4.01. The minimum Gasteiger partial charge on any atom is -0.346 e. The molecule has 166 valence electrons. The van der Waals surface area contributed by atoms with E-state index >= 15 is 0 Å². The zero-order valence-electron chi connectivity index (χ0n) is 19.1. The summed E-state index contributed by atoms with van der Waals surface area (Å²) in [5.74, 6) is -0.315. The van der Waals surface area contributed by atoms with Gasteiger partial charge in [0.1, 0.15) is 0 Å². The second kappa shape index (κ2) is 10.6. The number of amides is 2. The van der Waals surface area contributed by atoms with Crippen LogP contribution < -0.4 is 10.6 Å². The van der Waals surface area contributed by atoms with Crippen molar-refractivity contribution in [3.63, 3.8) is 0 Å². The maximum atomic E-state index is 12.6. The van der Waals surface area contributed by atoms with Gasteiger partial charge >= 0.3 is 0 Å². The average Bonchev–Trinajstić information content (AvgIpc) is 2.76. The first kappa shape index (κ1) is 23.0. The van der Waals surface area contributed by atoms with E-state index in [0.29, 0.717) is 0 Å². The molecule has 0 aliphatic carbocycles. The lowest BCUT2D eigenvalue weighted by atomic mass is 10.1. The number of anilines is 1. The molecule has 1 aliphatic rings. The Morgan fingerprint density at radius 3 is 2.16 bits per heavy atom. The smallest absolute Gasteiger partial charge is 0.243 e. The summed E-state index contributed by atoms with van der Waals surface area (Å²) in [6, 6.07) is 14.1. The van der Waals surface area contributed by atoms with Crippen LogP contribution in [0.2, 0.25) is 0 Å². The fraction of sp³-hybridized carbons (Fsp3) is 0.440. The Morgan fingerprint density at radius 1 is 0.903 bits per heavy atom. The quantitative estimate of drug-likeness (QED) is 0.720. The zero-order valence-corrected chi connectivity index (χ0v) is 19.1. The van der Waals surface area contributed by atoms with Crippen molar-refractivity contribution in [1.29, 1.82) is 0 Å². The van der Waals surface area contributed by atoms with Crippen molar-refractivity contribution < 1.29 is 9.59 Å². The second-order valence-corrected chi connectivity index (χ2v) is 8.45. The summed E-state index contributed by atoms with van der Waals surface area (Å²) in [7, 11) is 0. The Labute approximate surface area is 185 Å². The van der Waals surface area contributed by atoms with Gasteiger partial charge in [-0.15, -0.1) is 0 Å². The van der Waals surface area contributed by atoms with E-state index in [-0.39, 0.29) is 24.4 Å². The van der Waals surface area contributed by atoms with Crippen LogP contribution in [0.3, 0.4) is 0 Å². The SMILES string of the molecule is Cc1ccccc1CN1CCN([C@H](C)C(=O)NCC(=O)Nc2c(C)cccc2C)CC1. The number of rotatable bonds is 7. The van der Waals surface area contributed by atoms with Gasteiger partial charge in [-0.05, 0) is 49.9 Å². The molecule has 2 N–H and O–H groups in total. The lowest BCUT2D eigenvalue weighted by Gasteiger charge is -2.37. The molecule has 1 saturated heterocycles. The third-order valence-electron chi connectivity index (χ3n) is 6.16. The summed E-state index contributed by atoms with van der Waals surface area (Å²) in [5.41, 5.74) is 5.52. The summed E-state index contributed by atoms with van der Waals surface area (Å²) in [4.78, 5) is 29.5. The van der Waals surface area contributed by atoms with Crippen LogP contribution in [0.25, 0.3) is 0 Å². The number of nitrogens with zero attached hydrogens (tertiary/aromatic N) is 2. The first-order valence-corrected chi connectivity index (χ1v) is 11.0. The predicted molar refractivity (Wildman–Crippen MR) is 125 cm³/mol. The summed E-state index contributed by atoms with van der Waals surface area (Å²) in [6.45, 7) is 12.4. The highest BCUT2D eigenvalue weighted by Crippen LogP contribution is 2.19. The van der Waals surface area contributed by atoms with Crippen molar-refractivity contribution in [3.05, 3.63) is 64.7 Å². The van der Waals surface area contributed by atoms with E-state index in [1.807, 2.05) is 39.0 Å². The molecule has 6 nitrogen and oxygen atoms in total. The molecule has 0 aromatic heterocycles. The van der Waals surface area contributed by atoms with Gasteiger partial charge in [0.05, 0.1) is 12.6 Å². The van der Waals surface area contributed by atoms with Gasteiger partial charge in [-0.3, -0.25) is 19.4 Å². The monoisotopic (exact) mass is 422 g/mol. The fourth-order valence-corrected chi connectivity index (χ4v) is 4.01. The molecule has 0 radical (unpaired) electrons. The van der Waals surface area contributed by atoms with E-state index in [2.05, 4.69) is 51.6 Å². The lowest BCUT2D eigenvalue weighted by molar-refractivity contribution is -0.128. The van der Waals surface area contributed by atoms with E-state index in [0.717, 1.165) is 49.5 Å². The molecule has 6 heteroatoms. The minimum absolute atomic E-state index is 0.0236. The maximum Gasteiger partial charge on any atom is 0.243 e. The highest BCUT2D eigenvalue weighted by Gasteiger charge is 2.26. The lowest BCUT2D eigenvalue weighted by Crippen LogP contribution is -2.54. The molecule has 1 atom stereocenters. The van der Waals surface area contributed by atoms with E-state index in [4.69, 9.17) is 0 Å². The van der Waals surface area contributed by atoms with E-state index < -0.39 is 0 Å². The van der Waals surface area contributed by atoms with Crippen molar-refractivity contribution in [2.24, 2.45) is 0 Å². The third kappa shape index (κ3) is 6.15. The van der Waals surface area contributed by atoms with Crippen LogP contribution in [0.1, 0.15) is 29.2 Å². The molecular formula is C25H34N4O2. The minimum atomic E-state index is -0.256. The van der Waals surface area contributed by atoms with Crippen LogP contribution in [0.5, 0.6) is 0 Å². The Balaban J connectivity index is 1.43. The standard InChI is InChI=1S/C25H34N4O2/c1-18-8-5-6-11-22(18)17-28-12-14-29(15-13-28)21(4)25(31)26-16-23(30)27-24-19(2)9-7-10-20(24)3/h5-11,21H,12-17H2,1-4H3,(H,26,31)(H,27,30)/t21-/m1/s1. The van der Waals surface area contributed by atoms with Crippen molar-refractivity contribution in [2.45, 2.75) is 40.3 Å². The Morgan fingerprint density at radius 2 is 1.52 bits per heavy atom. The van der Waals surface area contributed by atoms with Gasteiger partial charge in [0.2, 0.25) is 11.8 Å². The molecule has 2 aromatic carbocycles. The summed E-state index contributed by atoms with van der Waals surface area (Å²) >= 11 is 0. The first-order chi connectivity index (χ1) is 14.8. The van der Waals surface area contributed by atoms with Crippen molar-refractivity contribution in [2.75, 3.05) is 38.0 Å². The van der Waals surface area contributed by atoms with Gasteiger partial charge in [0.15, 0.2) is 0 Å². The first-order valence-electron chi connectivity index (χ1n) is 11.0. The number of para-hydroxylation sites is 1. The van der Waals surface area contributed by atoms with Crippen LogP contribution >= 0.6 is 0 Å². The number of hydrogen-bond acceptors (Lipinski definition) is 4. The van der Waals surface area contributed by atoms with Crippen LogP contribution in [0, 0.1) is 20.8 Å². The van der Waals surface area contributed by atoms with Crippen molar-refractivity contribution in [1.82, 2.24) is 15.1 Å². The largest absolute Gasteiger partial charge is 0.346 e. The maximum absolute atomic E-state index is 12.6. The summed E-state index contributed by atoms with van der Waals surface area (Å²) in [6.07, 6.45) is 0. The van der Waals surface area contributed by atoms with Gasteiger partial charge < -0.3 is 10.6 Å². The number of carbonyl (C=O) groups is 2. The molecule has 0 unspecified atom stereocenters. The van der Waals surface area contributed by atoms with Gasteiger partial charge in [-0.25, -0.2) is 0 Å². The van der Waals surface area contributed by atoms with E-state index in [1.165, 1.54) is 11.1 Å². The third-order valence-corrected chi connectivity index (χ3v) is 6.16. The highest BCUT2D eigenvalue weighted by atomic mass is 16.2. The normalized spacial score (nSPS) is 16.0. The number of benzene rings is 2. The molecule has 1 heterocycles. The number of aryl methyl sites for hydroxylation is 3. The number of piperazine rings is 1. The Bertz CT molecular complexity index is 899. The van der Waals surface area contributed by atoms with Gasteiger partial charge in [-0.2, -0.15) is 0 Å². The zero-order chi connectivity index (χ0) is 22.4. The van der Waals surface area contributed by atoms with E-state index in [9.17, 15) is 9.59 Å². The molecule has 1 aliphatic heterocycles. The number of nitrogens with one attached hydrogen (secondary N) is 2. The van der Waals surface area contributed by atoms with Crippen molar-refractivity contribution in [3.8, 4) is 0 Å².